The van der Waals surface area contributed by atoms with E-state index in [0.29, 0.717) is 28.4 Å². The molecule has 4 aromatic rings. The number of nitrogens with zero attached hydrogens (tertiary/aromatic N) is 1. The van der Waals surface area contributed by atoms with Crippen LogP contribution in [0.1, 0.15) is 42.3 Å². The molecule has 0 atom stereocenters. The molecule has 2 amide bonds. The fourth-order valence-electron chi connectivity index (χ4n) is 4.84. The first-order valence-corrected chi connectivity index (χ1v) is 15.1. The van der Waals surface area contributed by atoms with E-state index in [1.807, 2.05) is 67.6 Å². The number of amides is 2. The van der Waals surface area contributed by atoms with E-state index in [-0.39, 0.29) is 17.6 Å². The number of ether oxygens (including phenoxy) is 1. The second kappa shape index (κ2) is 13.2. The van der Waals surface area contributed by atoms with Crippen molar-refractivity contribution in [3.63, 3.8) is 0 Å². The van der Waals surface area contributed by atoms with E-state index >= 15 is 0 Å². The Kier molecular flexibility index (Phi) is 9.18. The molecule has 5 rings (SSSR count). The number of benzene rings is 3. The lowest BCUT2D eigenvalue weighted by Crippen LogP contribution is -2.29. The highest BCUT2D eigenvalue weighted by molar-refractivity contribution is 8.00. The lowest BCUT2D eigenvalue weighted by Gasteiger charge is -2.27. The Labute approximate surface area is 247 Å². The molecule has 1 aliphatic rings. The molecule has 0 saturated carbocycles. The van der Waals surface area contributed by atoms with Gasteiger partial charge in [-0.15, -0.1) is 23.1 Å². The molecule has 0 fully saturated rings. The number of carbonyl (C=O) groups excluding carboxylic acids is 3. The average molecular weight is 586 g/mol. The fourth-order valence-corrected chi connectivity index (χ4v) is 6.89. The molecule has 3 aromatic carbocycles. The van der Waals surface area contributed by atoms with Gasteiger partial charge < -0.3 is 15.4 Å². The summed E-state index contributed by atoms with van der Waals surface area (Å²) in [6.45, 7) is 4.26. The summed E-state index contributed by atoms with van der Waals surface area (Å²) in [6, 6.07) is 25.1. The number of hydrogen-bond acceptors (Lipinski definition) is 7. The maximum Gasteiger partial charge on any atom is 0.341 e. The molecule has 7 nitrogen and oxygen atoms in total. The molecule has 9 heteroatoms. The molecule has 0 saturated heterocycles. The van der Waals surface area contributed by atoms with Crippen LogP contribution >= 0.6 is 23.1 Å². The third-order valence-electron chi connectivity index (χ3n) is 6.88. The average Bonchev–Trinajstić information content (AvgIpc) is 3.33. The largest absolute Gasteiger partial charge is 0.465 e. The fraction of sp³-hybridized carbons (Fsp3) is 0.219. The van der Waals surface area contributed by atoms with Crippen molar-refractivity contribution >= 4 is 51.6 Å². The number of nitrogens with one attached hydrogen (secondary N) is 2. The third kappa shape index (κ3) is 7.05. The Hall–Kier alpha value is -3.92. The Balaban J connectivity index is 1.23. The minimum atomic E-state index is -0.431. The number of fused-ring (bicyclic) bond motifs is 1. The van der Waals surface area contributed by atoms with Crippen molar-refractivity contribution in [1.82, 2.24) is 4.90 Å². The van der Waals surface area contributed by atoms with E-state index in [2.05, 4.69) is 27.7 Å². The van der Waals surface area contributed by atoms with Crippen LogP contribution in [0, 0.1) is 6.92 Å². The molecule has 0 unspecified atom stereocenters. The number of thioether (sulfide) groups is 1. The molecule has 0 bridgehead atoms. The van der Waals surface area contributed by atoms with Gasteiger partial charge >= 0.3 is 5.97 Å². The minimum Gasteiger partial charge on any atom is -0.465 e. The first kappa shape index (κ1) is 28.6. The van der Waals surface area contributed by atoms with E-state index in [9.17, 15) is 14.4 Å². The van der Waals surface area contributed by atoms with Crippen molar-refractivity contribution in [3.05, 3.63) is 112 Å². The lowest BCUT2D eigenvalue weighted by molar-refractivity contribution is -0.113. The molecule has 0 radical (unpaired) electrons. The molecule has 0 spiro atoms. The van der Waals surface area contributed by atoms with Gasteiger partial charge in [-0.05, 0) is 54.3 Å². The van der Waals surface area contributed by atoms with Crippen LogP contribution in [-0.2, 0) is 29.0 Å². The van der Waals surface area contributed by atoms with Gasteiger partial charge in [0.05, 0.1) is 18.4 Å². The zero-order valence-corrected chi connectivity index (χ0v) is 24.6. The number of hydrogen-bond donors (Lipinski definition) is 2. The van der Waals surface area contributed by atoms with Crippen LogP contribution in [0.15, 0.2) is 83.8 Å². The highest BCUT2D eigenvalue weighted by atomic mass is 32.2. The van der Waals surface area contributed by atoms with Gasteiger partial charge in [0.15, 0.2) is 0 Å². The normalized spacial score (nSPS) is 12.8. The van der Waals surface area contributed by atoms with Crippen molar-refractivity contribution in [2.45, 2.75) is 31.3 Å². The molecular weight excluding hydrogens is 555 g/mol. The van der Waals surface area contributed by atoms with Crippen molar-refractivity contribution in [3.8, 4) is 0 Å². The molecule has 210 valence electrons. The van der Waals surface area contributed by atoms with Crippen LogP contribution in [0.5, 0.6) is 0 Å². The van der Waals surface area contributed by atoms with Crippen LogP contribution in [-0.4, -0.2) is 42.1 Å². The maximum atomic E-state index is 13.0. The second-order valence-corrected chi connectivity index (χ2v) is 11.9. The highest BCUT2D eigenvalue weighted by Crippen LogP contribution is 2.38. The standard InChI is InChI=1S/C32H31N3O4S2/c1-21-9-6-7-14-25(21)30(37)33-23-12-8-13-24(17-23)40-20-28(36)34-31-29(32(38)39-2)26-15-16-35(19-27(26)41-31)18-22-10-4-3-5-11-22/h3-14,17H,15-16,18-20H2,1-2H3,(H,33,37)(H,34,36). The van der Waals surface area contributed by atoms with Crippen LogP contribution in [0.2, 0.25) is 0 Å². The van der Waals surface area contributed by atoms with Gasteiger partial charge in [-0.25, -0.2) is 4.79 Å². The number of esters is 1. The Morgan fingerprint density at radius 3 is 2.54 bits per heavy atom. The number of anilines is 2. The number of aryl methyl sites for hydroxylation is 1. The monoisotopic (exact) mass is 585 g/mol. The van der Waals surface area contributed by atoms with E-state index in [1.165, 1.54) is 35.8 Å². The Bertz CT molecular complexity index is 1570. The van der Waals surface area contributed by atoms with Crippen LogP contribution < -0.4 is 10.6 Å². The predicted octanol–water partition coefficient (Wildman–Crippen LogP) is 6.38. The number of thiophene rings is 1. The van der Waals surface area contributed by atoms with E-state index in [4.69, 9.17) is 4.74 Å². The summed E-state index contributed by atoms with van der Waals surface area (Å²) in [5.41, 5.74) is 4.84. The molecule has 41 heavy (non-hydrogen) atoms. The number of carbonyl (C=O) groups is 3. The van der Waals surface area contributed by atoms with Crippen molar-refractivity contribution in [2.75, 3.05) is 30.0 Å². The molecule has 2 heterocycles. The summed E-state index contributed by atoms with van der Waals surface area (Å²) >= 11 is 2.81. The summed E-state index contributed by atoms with van der Waals surface area (Å²) in [5, 5.41) is 6.43. The maximum absolute atomic E-state index is 13.0. The van der Waals surface area contributed by atoms with Gasteiger partial charge in [-0.1, -0.05) is 54.6 Å². The summed E-state index contributed by atoms with van der Waals surface area (Å²) in [6.07, 6.45) is 0.717. The molecule has 1 aromatic heterocycles. The first-order chi connectivity index (χ1) is 19.9. The third-order valence-corrected chi connectivity index (χ3v) is 9.00. The van der Waals surface area contributed by atoms with Gasteiger partial charge in [0.2, 0.25) is 5.91 Å². The van der Waals surface area contributed by atoms with Crippen molar-refractivity contribution < 1.29 is 19.1 Å². The quantitative estimate of drug-likeness (QED) is 0.175. The van der Waals surface area contributed by atoms with E-state index in [0.717, 1.165) is 40.4 Å². The summed E-state index contributed by atoms with van der Waals surface area (Å²) in [7, 11) is 1.36. The van der Waals surface area contributed by atoms with Gasteiger partial charge in [-0.3, -0.25) is 14.5 Å². The van der Waals surface area contributed by atoms with E-state index in [1.54, 1.807) is 6.07 Å². The van der Waals surface area contributed by atoms with Crippen LogP contribution in [0.3, 0.4) is 0 Å². The van der Waals surface area contributed by atoms with Crippen molar-refractivity contribution in [2.24, 2.45) is 0 Å². The molecule has 1 aliphatic heterocycles. The summed E-state index contributed by atoms with van der Waals surface area (Å²) < 4.78 is 5.08. The second-order valence-electron chi connectivity index (χ2n) is 9.78. The molecule has 2 N–H and O–H groups in total. The van der Waals surface area contributed by atoms with Gasteiger partial charge in [0.1, 0.15) is 5.00 Å². The summed E-state index contributed by atoms with van der Waals surface area (Å²) in [5.74, 6) is -0.672. The smallest absolute Gasteiger partial charge is 0.341 e. The summed E-state index contributed by atoms with van der Waals surface area (Å²) in [4.78, 5) is 42.7. The first-order valence-electron chi connectivity index (χ1n) is 13.3. The highest BCUT2D eigenvalue weighted by Gasteiger charge is 2.29. The van der Waals surface area contributed by atoms with Crippen LogP contribution in [0.4, 0.5) is 10.7 Å². The van der Waals surface area contributed by atoms with Gasteiger partial charge in [-0.2, -0.15) is 0 Å². The van der Waals surface area contributed by atoms with Gasteiger partial charge in [0.25, 0.3) is 5.91 Å². The topological polar surface area (TPSA) is 87.7 Å². The minimum absolute atomic E-state index is 0.151. The van der Waals surface area contributed by atoms with Crippen molar-refractivity contribution in [1.29, 1.82) is 0 Å². The number of methoxy groups -OCH3 is 1. The predicted molar refractivity (Wildman–Crippen MR) is 165 cm³/mol. The van der Waals surface area contributed by atoms with E-state index < -0.39 is 5.97 Å². The SMILES string of the molecule is COC(=O)c1c(NC(=O)CSc2cccc(NC(=O)c3ccccc3C)c2)sc2c1CCN(Cc1ccccc1)C2. The zero-order valence-electron chi connectivity index (χ0n) is 22.9. The Morgan fingerprint density at radius 1 is 0.976 bits per heavy atom. The lowest BCUT2D eigenvalue weighted by atomic mass is 10.0. The molecular formula is C32H31N3O4S2. The van der Waals surface area contributed by atoms with Gasteiger partial charge in [0, 0.05) is 40.7 Å². The Morgan fingerprint density at radius 2 is 1.76 bits per heavy atom. The van der Waals surface area contributed by atoms with Crippen LogP contribution in [0.25, 0.3) is 0 Å². The molecule has 0 aliphatic carbocycles. The number of rotatable bonds is 9. The zero-order chi connectivity index (χ0) is 28.8.